The molecule has 0 saturated carbocycles. The molecule has 1 aromatic rings. The third-order valence-electron chi connectivity index (χ3n) is 3.88. The standard InChI is InChI=1S/C14H20N2O4/c1-8(2)12-7-11(15-20-12)13(17)16-6-4-5-10(9(16)3)14(18)19/h7-10H,4-6H2,1-3H3,(H,18,19)/t9-,10-/m0/s1. The van der Waals surface area contributed by atoms with Crippen LogP contribution in [-0.2, 0) is 4.79 Å². The number of aromatic nitrogens is 1. The number of aliphatic carboxylic acids is 1. The molecule has 0 bridgehead atoms. The smallest absolute Gasteiger partial charge is 0.308 e. The van der Waals surface area contributed by atoms with Gasteiger partial charge >= 0.3 is 5.97 Å². The first-order valence-corrected chi connectivity index (χ1v) is 6.92. The monoisotopic (exact) mass is 280 g/mol. The highest BCUT2D eigenvalue weighted by atomic mass is 16.5. The average Bonchev–Trinajstić information content (AvgIpc) is 2.87. The Balaban J connectivity index is 2.16. The zero-order chi connectivity index (χ0) is 14.9. The highest BCUT2D eigenvalue weighted by molar-refractivity contribution is 5.93. The van der Waals surface area contributed by atoms with Crippen LogP contribution in [0.25, 0.3) is 0 Å². The van der Waals surface area contributed by atoms with Crippen molar-refractivity contribution in [2.45, 2.75) is 45.6 Å². The fraction of sp³-hybridized carbons (Fsp3) is 0.643. The number of carboxylic acids is 1. The van der Waals surface area contributed by atoms with Gasteiger partial charge in [-0.2, -0.15) is 0 Å². The van der Waals surface area contributed by atoms with Crippen LogP contribution >= 0.6 is 0 Å². The summed E-state index contributed by atoms with van der Waals surface area (Å²) in [5, 5.41) is 13.0. The molecular formula is C14H20N2O4. The van der Waals surface area contributed by atoms with E-state index in [2.05, 4.69) is 5.16 Å². The molecular weight excluding hydrogens is 260 g/mol. The van der Waals surface area contributed by atoms with E-state index in [4.69, 9.17) is 4.52 Å². The predicted molar refractivity (Wildman–Crippen MR) is 71.5 cm³/mol. The Kier molecular flexibility index (Phi) is 4.11. The Hall–Kier alpha value is -1.85. The lowest BCUT2D eigenvalue weighted by molar-refractivity contribution is -0.144. The lowest BCUT2D eigenvalue weighted by atomic mass is 9.90. The van der Waals surface area contributed by atoms with Crippen molar-refractivity contribution in [3.05, 3.63) is 17.5 Å². The first kappa shape index (κ1) is 14.6. The van der Waals surface area contributed by atoms with E-state index in [0.29, 0.717) is 25.1 Å². The summed E-state index contributed by atoms with van der Waals surface area (Å²) >= 11 is 0. The minimum Gasteiger partial charge on any atom is -0.481 e. The number of hydrogen-bond acceptors (Lipinski definition) is 4. The van der Waals surface area contributed by atoms with Gasteiger partial charge in [-0.1, -0.05) is 19.0 Å². The molecule has 0 aromatic carbocycles. The molecule has 1 aromatic heterocycles. The Bertz CT molecular complexity index is 509. The number of carboxylic acid groups (broad SMARTS) is 1. The largest absolute Gasteiger partial charge is 0.481 e. The van der Waals surface area contributed by atoms with Crippen LogP contribution in [0.2, 0.25) is 0 Å². The number of likely N-dealkylation sites (tertiary alicyclic amines) is 1. The van der Waals surface area contributed by atoms with Crippen molar-refractivity contribution in [3.63, 3.8) is 0 Å². The topological polar surface area (TPSA) is 83.6 Å². The molecule has 2 rings (SSSR count). The van der Waals surface area contributed by atoms with E-state index in [-0.39, 0.29) is 23.6 Å². The number of nitrogens with zero attached hydrogens (tertiary/aromatic N) is 2. The van der Waals surface area contributed by atoms with Crippen molar-refractivity contribution >= 4 is 11.9 Å². The van der Waals surface area contributed by atoms with Crippen LogP contribution in [-0.4, -0.2) is 39.6 Å². The molecule has 110 valence electrons. The van der Waals surface area contributed by atoms with Gasteiger partial charge in [0.25, 0.3) is 5.91 Å². The summed E-state index contributed by atoms with van der Waals surface area (Å²) in [4.78, 5) is 25.2. The SMILES string of the molecule is CC(C)c1cc(C(=O)N2CCC[C@H](C(=O)O)[C@@H]2C)no1. The van der Waals surface area contributed by atoms with Crippen LogP contribution in [0.5, 0.6) is 0 Å². The number of carbonyl (C=O) groups excluding carboxylic acids is 1. The fourth-order valence-electron chi connectivity index (χ4n) is 2.57. The first-order chi connectivity index (χ1) is 9.41. The normalized spacial score (nSPS) is 23.1. The Morgan fingerprint density at radius 1 is 1.50 bits per heavy atom. The molecule has 0 radical (unpaired) electrons. The number of amides is 1. The second-order valence-electron chi connectivity index (χ2n) is 5.60. The van der Waals surface area contributed by atoms with Crippen molar-refractivity contribution < 1.29 is 19.2 Å². The van der Waals surface area contributed by atoms with Gasteiger partial charge in [0.1, 0.15) is 5.76 Å². The van der Waals surface area contributed by atoms with Crippen LogP contribution in [0.3, 0.4) is 0 Å². The van der Waals surface area contributed by atoms with Crippen LogP contribution in [0.15, 0.2) is 10.6 Å². The maximum absolute atomic E-state index is 12.4. The van der Waals surface area contributed by atoms with E-state index in [0.717, 1.165) is 0 Å². The molecule has 6 nitrogen and oxygen atoms in total. The Labute approximate surface area is 117 Å². The fourth-order valence-corrected chi connectivity index (χ4v) is 2.57. The van der Waals surface area contributed by atoms with Gasteiger partial charge in [-0.05, 0) is 19.8 Å². The summed E-state index contributed by atoms with van der Waals surface area (Å²) in [5.41, 5.74) is 0.256. The van der Waals surface area contributed by atoms with Crippen LogP contribution in [0.1, 0.15) is 55.8 Å². The predicted octanol–water partition coefficient (Wildman–Crippen LogP) is 2.12. The molecule has 1 saturated heterocycles. The number of piperidine rings is 1. The molecule has 20 heavy (non-hydrogen) atoms. The van der Waals surface area contributed by atoms with Crippen molar-refractivity contribution in [2.75, 3.05) is 6.54 Å². The van der Waals surface area contributed by atoms with Crippen molar-refractivity contribution in [1.29, 1.82) is 0 Å². The maximum Gasteiger partial charge on any atom is 0.308 e. The van der Waals surface area contributed by atoms with Crippen LogP contribution < -0.4 is 0 Å². The minimum atomic E-state index is -0.849. The van der Waals surface area contributed by atoms with E-state index in [1.807, 2.05) is 13.8 Å². The van der Waals surface area contributed by atoms with Gasteiger partial charge in [0.15, 0.2) is 5.69 Å². The molecule has 1 amide bonds. The Morgan fingerprint density at radius 3 is 2.75 bits per heavy atom. The molecule has 1 aliphatic rings. The highest BCUT2D eigenvalue weighted by Crippen LogP contribution is 2.26. The lowest BCUT2D eigenvalue weighted by Crippen LogP contribution is -2.49. The summed E-state index contributed by atoms with van der Waals surface area (Å²) in [6.07, 6.45) is 1.30. The second-order valence-corrected chi connectivity index (χ2v) is 5.60. The van der Waals surface area contributed by atoms with E-state index >= 15 is 0 Å². The maximum atomic E-state index is 12.4. The lowest BCUT2D eigenvalue weighted by Gasteiger charge is -2.36. The van der Waals surface area contributed by atoms with Gasteiger partial charge < -0.3 is 14.5 Å². The third kappa shape index (κ3) is 2.69. The molecule has 6 heteroatoms. The summed E-state index contributed by atoms with van der Waals surface area (Å²) in [6, 6.07) is 1.32. The molecule has 2 atom stereocenters. The zero-order valence-electron chi connectivity index (χ0n) is 12.0. The molecule has 0 spiro atoms. The average molecular weight is 280 g/mol. The highest BCUT2D eigenvalue weighted by Gasteiger charge is 2.36. The number of rotatable bonds is 3. The molecule has 0 unspecified atom stereocenters. The van der Waals surface area contributed by atoms with Gasteiger partial charge in [-0.25, -0.2) is 0 Å². The van der Waals surface area contributed by atoms with Crippen molar-refractivity contribution in [2.24, 2.45) is 5.92 Å². The summed E-state index contributed by atoms with van der Waals surface area (Å²) in [5.74, 6) is -0.788. The van der Waals surface area contributed by atoms with E-state index in [9.17, 15) is 14.7 Å². The second kappa shape index (κ2) is 5.64. The molecule has 1 N–H and O–H groups in total. The summed E-state index contributed by atoms with van der Waals surface area (Å²) < 4.78 is 5.13. The van der Waals surface area contributed by atoms with Gasteiger partial charge in [0, 0.05) is 24.6 Å². The summed E-state index contributed by atoms with van der Waals surface area (Å²) in [7, 11) is 0. The quantitative estimate of drug-likeness (QED) is 0.916. The molecule has 1 fully saturated rings. The first-order valence-electron chi connectivity index (χ1n) is 6.92. The molecule has 0 aliphatic carbocycles. The van der Waals surface area contributed by atoms with Gasteiger partial charge in [-0.3, -0.25) is 9.59 Å². The van der Waals surface area contributed by atoms with Gasteiger partial charge in [0.2, 0.25) is 0 Å². The minimum absolute atomic E-state index is 0.162. The number of carbonyl (C=O) groups is 2. The van der Waals surface area contributed by atoms with Crippen molar-refractivity contribution in [1.82, 2.24) is 10.1 Å². The Morgan fingerprint density at radius 2 is 2.20 bits per heavy atom. The van der Waals surface area contributed by atoms with Crippen LogP contribution in [0, 0.1) is 5.92 Å². The summed E-state index contributed by atoms with van der Waals surface area (Å²) in [6.45, 7) is 6.25. The van der Waals surface area contributed by atoms with E-state index < -0.39 is 11.9 Å². The van der Waals surface area contributed by atoms with Gasteiger partial charge in [-0.15, -0.1) is 0 Å². The van der Waals surface area contributed by atoms with E-state index in [1.54, 1.807) is 17.9 Å². The van der Waals surface area contributed by atoms with Gasteiger partial charge in [0.05, 0.1) is 5.92 Å². The van der Waals surface area contributed by atoms with Crippen LogP contribution in [0.4, 0.5) is 0 Å². The molecule has 2 heterocycles. The zero-order valence-corrected chi connectivity index (χ0v) is 12.0. The van der Waals surface area contributed by atoms with E-state index in [1.165, 1.54) is 0 Å². The molecule has 1 aliphatic heterocycles. The van der Waals surface area contributed by atoms with Crippen molar-refractivity contribution in [3.8, 4) is 0 Å². The number of hydrogen-bond donors (Lipinski definition) is 1. The third-order valence-corrected chi connectivity index (χ3v) is 3.88.